The summed E-state index contributed by atoms with van der Waals surface area (Å²) >= 11 is 0. The van der Waals surface area contributed by atoms with Crippen LogP contribution in [0.5, 0.6) is 5.88 Å². The lowest BCUT2D eigenvalue weighted by atomic mass is 10.1. The zero-order valence-corrected chi connectivity index (χ0v) is 15.2. The molecule has 0 saturated heterocycles. The molecule has 0 unspecified atom stereocenters. The first-order valence-corrected chi connectivity index (χ1v) is 9.10. The van der Waals surface area contributed by atoms with Crippen LogP contribution in [-0.4, -0.2) is 41.2 Å². The number of para-hydroxylation sites is 1. The van der Waals surface area contributed by atoms with E-state index in [0.717, 1.165) is 55.6 Å². The predicted molar refractivity (Wildman–Crippen MR) is 99.0 cm³/mol. The van der Waals surface area contributed by atoms with Crippen molar-refractivity contribution in [2.45, 2.75) is 33.1 Å². The second kappa shape index (κ2) is 8.19. The monoisotopic (exact) mass is 356 g/mol. The maximum Gasteiger partial charge on any atom is 0.356 e. The molecule has 0 fully saturated rings. The Labute approximate surface area is 152 Å². The number of nitrogens with zero attached hydrogens (tertiary/aromatic N) is 2. The van der Waals surface area contributed by atoms with Crippen molar-refractivity contribution in [1.29, 1.82) is 0 Å². The van der Waals surface area contributed by atoms with E-state index in [1.54, 1.807) is 0 Å². The fraction of sp³-hybridized carbons (Fsp3) is 0.400. The maximum atomic E-state index is 12.0. The quantitative estimate of drug-likeness (QED) is 0.714. The van der Waals surface area contributed by atoms with Crippen molar-refractivity contribution in [3.63, 3.8) is 0 Å². The summed E-state index contributed by atoms with van der Waals surface area (Å²) in [4.78, 5) is 31.6. The molecule has 6 heteroatoms. The fourth-order valence-corrected chi connectivity index (χ4v) is 3.31. The van der Waals surface area contributed by atoms with Crippen molar-refractivity contribution in [3.8, 4) is 5.88 Å². The molecule has 0 radical (unpaired) electrons. The summed E-state index contributed by atoms with van der Waals surface area (Å²) in [5, 5.41) is 0.929. The third kappa shape index (κ3) is 3.80. The van der Waals surface area contributed by atoms with Crippen LogP contribution in [0.3, 0.4) is 0 Å². The lowest BCUT2D eigenvalue weighted by Gasteiger charge is -2.21. The van der Waals surface area contributed by atoms with Gasteiger partial charge in [-0.2, -0.15) is 0 Å². The summed E-state index contributed by atoms with van der Waals surface area (Å²) in [6.45, 7) is 7.24. The summed E-state index contributed by atoms with van der Waals surface area (Å²) in [5.41, 5.74) is 1.60. The minimum Gasteiger partial charge on any atom is -0.403 e. The van der Waals surface area contributed by atoms with E-state index in [2.05, 4.69) is 18.7 Å². The van der Waals surface area contributed by atoms with Gasteiger partial charge in [0.15, 0.2) is 0 Å². The number of hydrogen-bond donors (Lipinski definition) is 0. The van der Waals surface area contributed by atoms with Crippen LogP contribution in [0.2, 0.25) is 0 Å². The van der Waals surface area contributed by atoms with Crippen molar-refractivity contribution in [2.24, 2.45) is 0 Å². The van der Waals surface area contributed by atoms with E-state index in [1.165, 1.54) is 4.73 Å². The fourth-order valence-electron chi connectivity index (χ4n) is 3.31. The highest BCUT2D eigenvalue weighted by atomic mass is 16.7. The van der Waals surface area contributed by atoms with E-state index in [0.29, 0.717) is 17.8 Å². The highest BCUT2D eigenvalue weighted by Crippen LogP contribution is 2.32. The number of carbonyl (C=O) groups is 2. The van der Waals surface area contributed by atoms with Crippen molar-refractivity contribution in [3.05, 3.63) is 42.0 Å². The molecular weight excluding hydrogens is 332 g/mol. The van der Waals surface area contributed by atoms with E-state index in [-0.39, 0.29) is 0 Å². The molecule has 0 N–H and O–H groups in total. The number of fused-ring (bicyclic) bond motifs is 3. The highest BCUT2D eigenvalue weighted by molar-refractivity contribution is 5.96. The molecule has 6 nitrogen and oxygen atoms in total. The van der Waals surface area contributed by atoms with Gasteiger partial charge in [0.1, 0.15) is 0 Å². The Morgan fingerprint density at radius 2 is 1.65 bits per heavy atom. The Morgan fingerprint density at radius 3 is 2.38 bits per heavy atom. The van der Waals surface area contributed by atoms with Crippen LogP contribution in [0.25, 0.3) is 10.9 Å². The van der Waals surface area contributed by atoms with Crippen molar-refractivity contribution >= 4 is 22.8 Å². The number of benzene rings is 1. The van der Waals surface area contributed by atoms with Crippen LogP contribution in [0.4, 0.5) is 0 Å². The molecule has 0 bridgehead atoms. The predicted octanol–water partition coefficient (Wildman–Crippen LogP) is 2.74. The van der Waals surface area contributed by atoms with Gasteiger partial charge in [-0.25, -0.2) is 9.59 Å². The Hall–Kier alpha value is -2.60. The number of ether oxygens (including phenoxy) is 1. The Morgan fingerprint density at radius 1 is 0.962 bits per heavy atom. The maximum absolute atomic E-state index is 12.0. The second-order valence-electron chi connectivity index (χ2n) is 6.35. The smallest absolute Gasteiger partial charge is 0.356 e. The lowest BCUT2D eigenvalue weighted by Crippen LogP contribution is -2.28. The Bertz CT molecular complexity index is 832. The van der Waals surface area contributed by atoms with Crippen LogP contribution in [-0.2, 0) is 16.0 Å². The van der Waals surface area contributed by atoms with Gasteiger partial charge in [-0.15, -0.1) is 4.73 Å². The summed E-state index contributed by atoms with van der Waals surface area (Å²) in [7, 11) is 0. The SMILES string of the molecule is CCCN(CCC)CCc1c2n(c3ccccc13)OC(=O)/C=C/C(=O)O2. The van der Waals surface area contributed by atoms with Gasteiger partial charge >= 0.3 is 11.9 Å². The molecule has 1 aliphatic rings. The summed E-state index contributed by atoms with van der Waals surface area (Å²) < 4.78 is 6.83. The molecule has 0 atom stereocenters. The zero-order chi connectivity index (χ0) is 18.5. The van der Waals surface area contributed by atoms with Gasteiger partial charge in [0.05, 0.1) is 5.52 Å². The van der Waals surface area contributed by atoms with Gasteiger partial charge in [0.25, 0.3) is 0 Å². The first-order chi connectivity index (χ1) is 12.6. The largest absolute Gasteiger partial charge is 0.403 e. The van der Waals surface area contributed by atoms with Gasteiger partial charge in [-0.1, -0.05) is 32.0 Å². The third-order valence-electron chi connectivity index (χ3n) is 4.38. The molecule has 3 rings (SSSR count). The molecule has 1 aromatic heterocycles. The highest BCUT2D eigenvalue weighted by Gasteiger charge is 2.24. The number of rotatable bonds is 7. The molecule has 1 aliphatic heterocycles. The Balaban J connectivity index is 1.99. The molecule has 2 aromatic rings. The van der Waals surface area contributed by atoms with E-state index in [1.807, 2.05) is 24.3 Å². The molecule has 0 aliphatic carbocycles. The zero-order valence-electron chi connectivity index (χ0n) is 15.2. The van der Waals surface area contributed by atoms with Crippen LogP contribution >= 0.6 is 0 Å². The normalized spacial score (nSPS) is 15.3. The number of aromatic nitrogens is 1. The first-order valence-electron chi connectivity index (χ1n) is 9.10. The molecule has 138 valence electrons. The summed E-state index contributed by atoms with van der Waals surface area (Å²) in [6, 6.07) is 7.60. The van der Waals surface area contributed by atoms with E-state index >= 15 is 0 Å². The van der Waals surface area contributed by atoms with E-state index in [4.69, 9.17) is 9.57 Å². The topological polar surface area (TPSA) is 60.8 Å². The van der Waals surface area contributed by atoms with Crippen LogP contribution in [0.1, 0.15) is 32.3 Å². The minimum atomic E-state index is -0.603. The lowest BCUT2D eigenvalue weighted by molar-refractivity contribution is -0.142. The van der Waals surface area contributed by atoms with E-state index < -0.39 is 11.9 Å². The summed E-state index contributed by atoms with van der Waals surface area (Å²) in [6.07, 6.45) is 5.05. The van der Waals surface area contributed by atoms with Crippen molar-refractivity contribution < 1.29 is 19.2 Å². The van der Waals surface area contributed by atoms with Crippen molar-refractivity contribution in [1.82, 2.24) is 9.63 Å². The standard InChI is InChI=1S/C20H24N2O4/c1-3-12-21(13-4-2)14-11-16-15-7-5-6-8-17(15)22-20(16)25-18(23)9-10-19(24)26-22/h5-10H,3-4,11-14H2,1-2H3/b10-9+. The molecular formula is C20H24N2O4. The molecule has 0 spiro atoms. The van der Waals surface area contributed by atoms with Gasteiger partial charge in [-0.05, 0) is 38.4 Å². The van der Waals surface area contributed by atoms with Gasteiger partial charge in [0.2, 0.25) is 5.88 Å². The van der Waals surface area contributed by atoms with Crippen LogP contribution in [0.15, 0.2) is 36.4 Å². The average Bonchev–Trinajstić information content (AvgIpc) is 2.90. The van der Waals surface area contributed by atoms with Crippen LogP contribution < -0.4 is 9.57 Å². The number of hydrogen-bond acceptors (Lipinski definition) is 5. The average molecular weight is 356 g/mol. The van der Waals surface area contributed by atoms with Crippen LogP contribution in [0, 0.1) is 0 Å². The first kappa shape index (κ1) is 18.2. The molecule has 0 saturated carbocycles. The minimum absolute atomic E-state index is 0.293. The van der Waals surface area contributed by atoms with Gasteiger partial charge in [0, 0.05) is 29.6 Å². The van der Waals surface area contributed by atoms with E-state index in [9.17, 15) is 9.59 Å². The third-order valence-corrected chi connectivity index (χ3v) is 4.38. The van der Waals surface area contributed by atoms with Crippen molar-refractivity contribution in [2.75, 3.05) is 19.6 Å². The molecule has 1 aromatic carbocycles. The number of esters is 1. The summed E-state index contributed by atoms with van der Waals surface area (Å²) in [5.74, 6) is -0.887. The molecule has 2 heterocycles. The molecule has 26 heavy (non-hydrogen) atoms. The Kier molecular flexibility index (Phi) is 5.73. The van der Waals surface area contributed by atoms with Gasteiger partial charge in [-0.3, -0.25) is 0 Å². The number of carbonyl (C=O) groups excluding carboxylic acids is 2. The second-order valence-corrected chi connectivity index (χ2v) is 6.35. The molecule has 0 amide bonds. The van der Waals surface area contributed by atoms with Gasteiger partial charge < -0.3 is 14.5 Å².